The zero-order chi connectivity index (χ0) is 8.97. The van der Waals surface area contributed by atoms with Gasteiger partial charge in [-0.25, -0.2) is 0 Å². The van der Waals surface area contributed by atoms with Gasteiger partial charge in [0.25, 0.3) is 0 Å². The summed E-state index contributed by atoms with van der Waals surface area (Å²) < 4.78 is 4.86. The maximum Gasteiger partial charge on any atom is 0.246 e. The lowest BCUT2D eigenvalue weighted by Gasteiger charge is -2.12. The first-order chi connectivity index (χ1) is 5.75. The SMILES string of the molecule is CC(CO[Si])c1ccccc1N. The maximum atomic E-state index is 5.78. The van der Waals surface area contributed by atoms with Crippen LogP contribution in [0.5, 0.6) is 0 Å². The third kappa shape index (κ3) is 2.09. The van der Waals surface area contributed by atoms with E-state index in [1.54, 1.807) is 0 Å². The molecule has 1 aromatic carbocycles. The van der Waals surface area contributed by atoms with Crippen molar-refractivity contribution < 1.29 is 4.43 Å². The molecule has 3 radical (unpaired) electrons. The number of rotatable bonds is 3. The number of benzene rings is 1. The van der Waals surface area contributed by atoms with E-state index in [0.29, 0.717) is 12.5 Å². The molecule has 12 heavy (non-hydrogen) atoms. The van der Waals surface area contributed by atoms with E-state index in [9.17, 15) is 0 Å². The average molecular weight is 178 g/mol. The lowest BCUT2D eigenvalue weighted by Crippen LogP contribution is -2.05. The Bertz CT molecular complexity index is 252. The number of nitrogen functional groups attached to an aromatic ring is 1. The molecule has 0 saturated carbocycles. The van der Waals surface area contributed by atoms with Gasteiger partial charge in [0, 0.05) is 18.2 Å². The molecule has 0 aliphatic rings. The molecule has 1 aromatic rings. The van der Waals surface area contributed by atoms with Gasteiger partial charge >= 0.3 is 0 Å². The Hall–Kier alpha value is -0.803. The van der Waals surface area contributed by atoms with Gasteiger partial charge in [-0.3, -0.25) is 0 Å². The van der Waals surface area contributed by atoms with E-state index in [0.717, 1.165) is 11.3 Å². The monoisotopic (exact) mass is 178 g/mol. The molecule has 0 heterocycles. The van der Waals surface area contributed by atoms with Crippen LogP contribution in [-0.4, -0.2) is 17.1 Å². The standard InChI is InChI=1S/C9H12NOSi/c1-7(6-11-12)8-4-2-3-5-9(8)10/h2-5,7H,6,10H2,1H3. The van der Waals surface area contributed by atoms with Crippen molar-refractivity contribution in [3.8, 4) is 0 Å². The summed E-state index contributed by atoms with van der Waals surface area (Å²) >= 11 is 0. The van der Waals surface area contributed by atoms with Crippen molar-refractivity contribution in [2.24, 2.45) is 0 Å². The molecule has 1 atom stereocenters. The number of anilines is 1. The number of para-hydroxylation sites is 1. The van der Waals surface area contributed by atoms with Gasteiger partial charge in [-0.15, -0.1) is 0 Å². The second-order valence-corrected chi connectivity index (χ2v) is 3.13. The number of hydrogen-bond donors (Lipinski definition) is 1. The smallest absolute Gasteiger partial charge is 0.246 e. The van der Waals surface area contributed by atoms with Crippen LogP contribution < -0.4 is 5.73 Å². The van der Waals surface area contributed by atoms with Crippen LogP contribution >= 0.6 is 0 Å². The van der Waals surface area contributed by atoms with Crippen molar-refractivity contribution in [2.45, 2.75) is 12.8 Å². The summed E-state index contributed by atoms with van der Waals surface area (Å²) in [6.07, 6.45) is 0. The molecule has 0 spiro atoms. The molecule has 0 amide bonds. The minimum atomic E-state index is 0.323. The first-order valence-corrected chi connectivity index (χ1v) is 4.29. The van der Waals surface area contributed by atoms with E-state index in [1.165, 1.54) is 0 Å². The van der Waals surface area contributed by atoms with Crippen LogP contribution in [0, 0.1) is 0 Å². The van der Waals surface area contributed by atoms with Crippen molar-refractivity contribution >= 4 is 16.2 Å². The fourth-order valence-electron chi connectivity index (χ4n) is 1.17. The van der Waals surface area contributed by atoms with Crippen LogP contribution in [0.2, 0.25) is 0 Å². The Balaban J connectivity index is 2.79. The van der Waals surface area contributed by atoms with Gasteiger partial charge in [-0.2, -0.15) is 0 Å². The van der Waals surface area contributed by atoms with Crippen molar-refractivity contribution in [1.29, 1.82) is 0 Å². The summed E-state index contributed by atoms with van der Waals surface area (Å²) in [6, 6.07) is 7.83. The quantitative estimate of drug-likeness (QED) is 0.562. The summed E-state index contributed by atoms with van der Waals surface area (Å²) in [6.45, 7) is 2.71. The number of hydrogen-bond acceptors (Lipinski definition) is 2. The van der Waals surface area contributed by atoms with Crippen molar-refractivity contribution in [3.63, 3.8) is 0 Å². The first-order valence-electron chi connectivity index (χ1n) is 3.88. The first kappa shape index (κ1) is 9.29. The van der Waals surface area contributed by atoms with E-state index in [4.69, 9.17) is 10.2 Å². The molecule has 0 aliphatic heterocycles. The van der Waals surface area contributed by atoms with Gasteiger partial charge in [0.2, 0.25) is 10.5 Å². The van der Waals surface area contributed by atoms with Gasteiger partial charge in [0.15, 0.2) is 0 Å². The molecule has 2 N–H and O–H groups in total. The van der Waals surface area contributed by atoms with Crippen molar-refractivity contribution in [1.82, 2.24) is 0 Å². The van der Waals surface area contributed by atoms with Gasteiger partial charge in [0.1, 0.15) is 0 Å². The molecule has 1 rings (SSSR count). The summed E-state index contributed by atoms with van der Waals surface area (Å²) in [5.74, 6) is 0.323. The van der Waals surface area contributed by atoms with Crippen LogP contribution in [-0.2, 0) is 4.43 Å². The van der Waals surface area contributed by atoms with Crippen LogP contribution in [0.3, 0.4) is 0 Å². The molecular weight excluding hydrogens is 166 g/mol. The minimum absolute atomic E-state index is 0.323. The summed E-state index contributed by atoms with van der Waals surface area (Å²) in [7, 11) is 2.98. The zero-order valence-electron chi connectivity index (χ0n) is 7.08. The molecular formula is C9H12NOSi. The Labute approximate surface area is 76.3 Å². The van der Waals surface area contributed by atoms with E-state index in [2.05, 4.69) is 17.4 Å². The highest BCUT2D eigenvalue weighted by molar-refractivity contribution is 5.97. The second-order valence-electron chi connectivity index (χ2n) is 2.84. The van der Waals surface area contributed by atoms with Crippen LogP contribution in [0.25, 0.3) is 0 Å². The Morgan fingerprint density at radius 3 is 2.75 bits per heavy atom. The van der Waals surface area contributed by atoms with E-state index < -0.39 is 0 Å². The molecule has 0 fully saturated rings. The van der Waals surface area contributed by atoms with Crippen LogP contribution in [0.1, 0.15) is 18.4 Å². The molecule has 0 bridgehead atoms. The predicted octanol–water partition coefficient (Wildman–Crippen LogP) is 1.47. The number of nitrogens with two attached hydrogens (primary N) is 1. The molecule has 0 saturated heterocycles. The fourth-order valence-corrected chi connectivity index (χ4v) is 1.42. The molecule has 1 unspecified atom stereocenters. The molecule has 2 nitrogen and oxygen atoms in total. The Morgan fingerprint density at radius 1 is 1.50 bits per heavy atom. The highest BCUT2D eigenvalue weighted by Crippen LogP contribution is 2.21. The van der Waals surface area contributed by atoms with Crippen molar-refractivity contribution in [3.05, 3.63) is 29.8 Å². The Morgan fingerprint density at radius 2 is 2.17 bits per heavy atom. The van der Waals surface area contributed by atoms with Gasteiger partial charge in [-0.1, -0.05) is 25.1 Å². The molecule has 63 valence electrons. The van der Waals surface area contributed by atoms with E-state index >= 15 is 0 Å². The lowest BCUT2D eigenvalue weighted by molar-refractivity contribution is 0.324. The molecule has 0 aliphatic carbocycles. The fraction of sp³-hybridized carbons (Fsp3) is 0.333. The highest BCUT2D eigenvalue weighted by atomic mass is 28.2. The van der Waals surface area contributed by atoms with E-state index in [1.807, 2.05) is 24.3 Å². The summed E-state index contributed by atoms with van der Waals surface area (Å²) in [5.41, 5.74) is 7.74. The molecule has 0 aromatic heterocycles. The lowest BCUT2D eigenvalue weighted by atomic mass is 10.0. The van der Waals surface area contributed by atoms with Crippen LogP contribution in [0.15, 0.2) is 24.3 Å². The van der Waals surface area contributed by atoms with Gasteiger partial charge < -0.3 is 10.2 Å². The second kappa shape index (κ2) is 4.28. The largest absolute Gasteiger partial charge is 0.418 e. The minimum Gasteiger partial charge on any atom is -0.418 e. The third-order valence-corrected chi connectivity index (χ3v) is 2.03. The highest BCUT2D eigenvalue weighted by Gasteiger charge is 2.06. The third-order valence-electron chi connectivity index (χ3n) is 1.86. The summed E-state index contributed by atoms with van der Waals surface area (Å²) in [5, 5.41) is 0. The molecule has 3 heteroatoms. The predicted molar refractivity (Wildman–Crippen MR) is 51.0 cm³/mol. The average Bonchev–Trinajstić information content (AvgIpc) is 2.05. The Kier molecular flexibility index (Phi) is 3.31. The maximum absolute atomic E-state index is 5.78. The topological polar surface area (TPSA) is 35.2 Å². The van der Waals surface area contributed by atoms with Crippen molar-refractivity contribution in [2.75, 3.05) is 12.3 Å². The van der Waals surface area contributed by atoms with Gasteiger partial charge in [0.05, 0.1) is 0 Å². The van der Waals surface area contributed by atoms with Crippen LogP contribution in [0.4, 0.5) is 5.69 Å². The summed E-state index contributed by atoms with van der Waals surface area (Å²) in [4.78, 5) is 0. The normalized spacial score (nSPS) is 12.8. The van der Waals surface area contributed by atoms with E-state index in [-0.39, 0.29) is 0 Å². The van der Waals surface area contributed by atoms with Gasteiger partial charge in [-0.05, 0) is 11.6 Å². The zero-order valence-corrected chi connectivity index (χ0v) is 8.08.